The van der Waals surface area contributed by atoms with E-state index in [9.17, 15) is 14.4 Å². The average Bonchev–Trinajstić information content (AvgIpc) is 3.20. The van der Waals surface area contributed by atoms with Crippen molar-refractivity contribution in [3.63, 3.8) is 0 Å². The van der Waals surface area contributed by atoms with Gasteiger partial charge in [-0.2, -0.15) is 0 Å². The van der Waals surface area contributed by atoms with Gasteiger partial charge < -0.3 is 14.4 Å². The molecule has 0 aromatic carbocycles. The number of amides is 1. The smallest absolute Gasteiger partial charge is 0.306 e. The number of rotatable bonds is 1. The second kappa shape index (κ2) is 5.81. The van der Waals surface area contributed by atoms with Gasteiger partial charge >= 0.3 is 5.97 Å². The van der Waals surface area contributed by atoms with E-state index in [4.69, 9.17) is 9.47 Å². The Bertz CT molecular complexity index is 940. The van der Waals surface area contributed by atoms with Crippen molar-refractivity contribution in [1.82, 2.24) is 4.90 Å². The minimum absolute atomic E-state index is 0.0624. The fourth-order valence-corrected chi connectivity index (χ4v) is 8.88. The molecule has 3 saturated carbocycles. The second-order valence-corrected chi connectivity index (χ2v) is 11.7. The number of hydrogen-bond donors (Lipinski definition) is 0. The molecular formula is C25H33NO5. The van der Waals surface area contributed by atoms with Gasteiger partial charge in [0.15, 0.2) is 5.78 Å². The molecule has 0 radical (unpaired) electrons. The van der Waals surface area contributed by atoms with Gasteiger partial charge in [-0.25, -0.2) is 0 Å². The van der Waals surface area contributed by atoms with E-state index < -0.39 is 5.60 Å². The number of epoxide rings is 1. The number of carbonyl (C=O) groups excluding carboxylic acids is 3. The van der Waals surface area contributed by atoms with Crippen LogP contribution >= 0.6 is 0 Å². The zero-order chi connectivity index (χ0) is 22.0. The molecule has 2 aliphatic heterocycles. The van der Waals surface area contributed by atoms with Gasteiger partial charge in [0.05, 0.1) is 6.10 Å². The number of ketones is 1. The largest absolute Gasteiger partial charge is 0.458 e. The van der Waals surface area contributed by atoms with E-state index in [-0.39, 0.29) is 57.9 Å². The third-order valence-electron chi connectivity index (χ3n) is 10.5. The van der Waals surface area contributed by atoms with Crippen LogP contribution in [0.3, 0.4) is 0 Å². The van der Waals surface area contributed by atoms with E-state index in [1.807, 2.05) is 20.2 Å². The normalized spacial score (nSPS) is 51.9. The molecule has 2 heterocycles. The van der Waals surface area contributed by atoms with Gasteiger partial charge in [0.2, 0.25) is 5.91 Å². The molecule has 31 heavy (non-hydrogen) atoms. The van der Waals surface area contributed by atoms with Gasteiger partial charge in [-0.05, 0) is 50.5 Å². The first-order chi connectivity index (χ1) is 14.6. The van der Waals surface area contributed by atoms with Crippen molar-refractivity contribution in [2.75, 3.05) is 14.1 Å². The molecule has 0 aromatic rings. The maximum Gasteiger partial charge on any atom is 0.306 e. The molecule has 6 rings (SSSR count). The van der Waals surface area contributed by atoms with E-state index in [1.54, 1.807) is 4.90 Å². The number of hydrogen-bond acceptors (Lipinski definition) is 5. The van der Waals surface area contributed by atoms with Crippen molar-refractivity contribution in [3.8, 4) is 0 Å². The molecule has 6 heteroatoms. The van der Waals surface area contributed by atoms with Crippen LogP contribution in [0.4, 0.5) is 0 Å². The molecule has 2 saturated heterocycles. The predicted molar refractivity (Wildman–Crippen MR) is 112 cm³/mol. The summed E-state index contributed by atoms with van der Waals surface area (Å²) in [5, 5.41) is 0. The lowest BCUT2D eigenvalue weighted by molar-refractivity contribution is -0.169. The van der Waals surface area contributed by atoms with Crippen LogP contribution < -0.4 is 0 Å². The highest BCUT2D eigenvalue weighted by Crippen LogP contribution is 2.78. The molecule has 8 atom stereocenters. The molecule has 1 amide bonds. The second-order valence-electron chi connectivity index (χ2n) is 11.7. The highest BCUT2D eigenvalue weighted by molar-refractivity contribution is 5.92. The zero-order valence-electron chi connectivity index (χ0n) is 19.0. The number of fused-ring (bicyclic) bond motifs is 4. The van der Waals surface area contributed by atoms with Crippen LogP contribution in [0.5, 0.6) is 0 Å². The minimum Gasteiger partial charge on any atom is -0.458 e. The lowest BCUT2D eigenvalue weighted by Gasteiger charge is -2.59. The Kier molecular flexibility index (Phi) is 3.74. The lowest BCUT2D eigenvalue weighted by atomic mass is 9.43. The van der Waals surface area contributed by atoms with Crippen molar-refractivity contribution in [3.05, 3.63) is 11.6 Å². The Morgan fingerprint density at radius 1 is 1.13 bits per heavy atom. The Labute approximate surface area is 183 Å². The summed E-state index contributed by atoms with van der Waals surface area (Å²) in [6.45, 7) is 4.57. The van der Waals surface area contributed by atoms with Crippen molar-refractivity contribution in [1.29, 1.82) is 0 Å². The molecule has 4 aliphatic carbocycles. The van der Waals surface area contributed by atoms with Crippen LogP contribution in [0, 0.1) is 28.6 Å². The van der Waals surface area contributed by atoms with Gasteiger partial charge in [-0.15, -0.1) is 0 Å². The summed E-state index contributed by atoms with van der Waals surface area (Å²) in [5.74, 6) is 0.412. The minimum atomic E-state index is -0.405. The molecule has 3 unspecified atom stereocenters. The molecule has 5 fully saturated rings. The molecule has 168 valence electrons. The maximum atomic E-state index is 13.5. The van der Waals surface area contributed by atoms with E-state index in [2.05, 4.69) is 13.8 Å². The number of ether oxygens (including phenoxy) is 2. The van der Waals surface area contributed by atoms with Crippen molar-refractivity contribution in [2.45, 2.75) is 82.5 Å². The number of esters is 1. The maximum absolute atomic E-state index is 13.5. The Hall–Kier alpha value is -1.69. The van der Waals surface area contributed by atoms with Crippen LogP contribution in [-0.4, -0.2) is 54.0 Å². The third kappa shape index (κ3) is 2.16. The highest BCUT2D eigenvalue weighted by Gasteiger charge is 2.83. The summed E-state index contributed by atoms with van der Waals surface area (Å²) in [4.78, 5) is 39.7. The Morgan fingerprint density at radius 3 is 2.58 bits per heavy atom. The topological polar surface area (TPSA) is 76.2 Å². The molecule has 2 spiro atoms. The van der Waals surface area contributed by atoms with Crippen LogP contribution in [0.15, 0.2) is 11.6 Å². The monoisotopic (exact) mass is 427 g/mol. The zero-order valence-corrected chi connectivity index (χ0v) is 19.0. The lowest BCUT2D eigenvalue weighted by Crippen LogP contribution is -2.63. The van der Waals surface area contributed by atoms with Crippen LogP contribution in [-0.2, 0) is 23.9 Å². The van der Waals surface area contributed by atoms with E-state index >= 15 is 0 Å². The van der Waals surface area contributed by atoms with Crippen LogP contribution in [0.25, 0.3) is 0 Å². The van der Waals surface area contributed by atoms with Gasteiger partial charge in [0.25, 0.3) is 0 Å². The van der Waals surface area contributed by atoms with Gasteiger partial charge in [0.1, 0.15) is 11.2 Å². The third-order valence-corrected chi connectivity index (χ3v) is 10.5. The van der Waals surface area contributed by atoms with Gasteiger partial charge in [-0.3, -0.25) is 14.4 Å². The SMILES string of the molecule is CN(C)C(=O)[C@@H]1CC2=CC(=O)CC[C@]2(C)C23O[C@H]2C[C@@]2(C)C(CC[C@@]24CCC(=O)O4)C13. The summed E-state index contributed by atoms with van der Waals surface area (Å²) in [7, 11) is 3.65. The predicted octanol–water partition coefficient (Wildman–Crippen LogP) is 3.04. The average molecular weight is 428 g/mol. The van der Waals surface area contributed by atoms with Crippen molar-refractivity contribution >= 4 is 17.7 Å². The van der Waals surface area contributed by atoms with Crippen molar-refractivity contribution in [2.24, 2.45) is 28.6 Å². The number of carbonyl (C=O) groups is 3. The van der Waals surface area contributed by atoms with Gasteiger partial charge in [0, 0.05) is 49.6 Å². The first-order valence-corrected chi connectivity index (χ1v) is 11.9. The Morgan fingerprint density at radius 2 is 1.90 bits per heavy atom. The van der Waals surface area contributed by atoms with E-state index in [0.717, 1.165) is 37.7 Å². The molecule has 0 aromatic heterocycles. The summed E-state index contributed by atoms with van der Waals surface area (Å²) in [6, 6.07) is 0. The number of nitrogens with zero attached hydrogens (tertiary/aromatic N) is 1. The standard InChI is InChI=1S/C25H33NO5/c1-22-8-5-15(27)11-14(22)12-16(21(29)26(3)4)20-17-6-9-24(10-7-19(28)31-24)23(17,2)13-18-25(20,22)30-18/h11,16-18,20H,5-10,12-13H2,1-4H3/t16-,17?,18+,20?,22+,23+,24-,25?/m1/s1. The first kappa shape index (κ1) is 20.0. The molecule has 0 bridgehead atoms. The fraction of sp³-hybridized carbons (Fsp3) is 0.800. The van der Waals surface area contributed by atoms with E-state index in [1.165, 1.54) is 0 Å². The van der Waals surface area contributed by atoms with E-state index in [0.29, 0.717) is 19.3 Å². The summed E-state index contributed by atoms with van der Waals surface area (Å²) in [5.41, 5.74) is -0.0133. The molecule has 6 nitrogen and oxygen atoms in total. The summed E-state index contributed by atoms with van der Waals surface area (Å²) in [6.07, 6.45) is 7.90. The summed E-state index contributed by atoms with van der Waals surface area (Å²) < 4.78 is 12.8. The fourth-order valence-electron chi connectivity index (χ4n) is 8.88. The van der Waals surface area contributed by atoms with Crippen LogP contribution in [0.1, 0.15) is 65.2 Å². The van der Waals surface area contributed by atoms with Crippen LogP contribution in [0.2, 0.25) is 0 Å². The van der Waals surface area contributed by atoms with Crippen molar-refractivity contribution < 1.29 is 23.9 Å². The molecular weight excluding hydrogens is 394 g/mol. The highest BCUT2D eigenvalue weighted by atomic mass is 16.6. The quantitative estimate of drug-likeness (QED) is 0.475. The van der Waals surface area contributed by atoms with Gasteiger partial charge in [-0.1, -0.05) is 19.4 Å². The summed E-state index contributed by atoms with van der Waals surface area (Å²) >= 11 is 0. The molecule has 6 aliphatic rings. The Balaban J connectivity index is 1.49. The first-order valence-electron chi connectivity index (χ1n) is 11.9. The molecule has 0 N–H and O–H groups in total.